The monoisotopic (exact) mass is 455 g/mol. The topological polar surface area (TPSA) is 49.6 Å². The van der Waals surface area contributed by atoms with Gasteiger partial charge in [-0.05, 0) is 48.5 Å². The molecule has 1 aromatic rings. The van der Waals surface area contributed by atoms with Gasteiger partial charge in [0.1, 0.15) is 0 Å². The van der Waals surface area contributed by atoms with Crippen molar-refractivity contribution in [2.24, 2.45) is 23.0 Å². The molecule has 0 unspecified atom stereocenters. The second-order valence-corrected chi connectivity index (χ2v) is 10.5. The average molecular weight is 457 g/mol. The maximum absolute atomic E-state index is 13.0. The Hall–Kier alpha value is -0.810. The summed E-state index contributed by atoms with van der Waals surface area (Å²) < 4.78 is 0. The summed E-state index contributed by atoms with van der Waals surface area (Å²) in [7, 11) is 0. The number of carbonyl (C=O) groups excluding carboxylic acids is 1. The van der Waals surface area contributed by atoms with E-state index in [4.69, 9.17) is 5.73 Å². The van der Waals surface area contributed by atoms with E-state index in [1.54, 1.807) is 0 Å². The zero-order chi connectivity index (χ0) is 19.9. The maximum atomic E-state index is 13.0. The van der Waals surface area contributed by atoms with Gasteiger partial charge in [0, 0.05) is 31.7 Å². The van der Waals surface area contributed by atoms with Crippen LogP contribution >= 0.6 is 24.8 Å². The molecule has 170 valence electrons. The molecule has 0 radical (unpaired) electrons. The largest absolute Gasteiger partial charge is 0.341 e. The predicted molar refractivity (Wildman–Crippen MR) is 128 cm³/mol. The number of hydrogen-bond donors (Lipinski definition) is 1. The van der Waals surface area contributed by atoms with Gasteiger partial charge < -0.3 is 10.6 Å². The lowest BCUT2D eigenvalue weighted by Crippen LogP contribution is -2.64. The molecule has 5 atom stereocenters. The van der Waals surface area contributed by atoms with Crippen LogP contribution in [0, 0.1) is 17.3 Å². The number of hydrogen-bond acceptors (Lipinski definition) is 3. The van der Waals surface area contributed by atoms with Crippen molar-refractivity contribution < 1.29 is 4.79 Å². The van der Waals surface area contributed by atoms with Crippen molar-refractivity contribution in [1.29, 1.82) is 0 Å². The Morgan fingerprint density at radius 2 is 1.80 bits per heavy atom. The number of carbonyl (C=O) groups is 1. The quantitative estimate of drug-likeness (QED) is 0.744. The second-order valence-electron chi connectivity index (χ2n) is 10.5. The van der Waals surface area contributed by atoms with Gasteiger partial charge in [0.2, 0.25) is 5.91 Å². The van der Waals surface area contributed by atoms with Crippen molar-refractivity contribution in [2.75, 3.05) is 19.6 Å². The molecule has 30 heavy (non-hydrogen) atoms. The molecule has 1 aromatic carbocycles. The van der Waals surface area contributed by atoms with E-state index in [0.29, 0.717) is 23.9 Å². The van der Waals surface area contributed by atoms with Crippen LogP contribution in [0.15, 0.2) is 30.3 Å². The van der Waals surface area contributed by atoms with Gasteiger partial charge in [-0.2, -0.15) is 0 Å². The molecule has 0 spiro atoms. The van der Waals surface area contributed by atoms with E-state index in [9.17, 15) is 4.79 Å². The third-order valence-corrected chi connectivity index (χ3v) is 7.34. The Balaban J connectivity index is 0.00000160. The van der Waals surface area contributed by atoms with Crippen LogP contribution in [-0.2, 0) is 11.2 Å². The van der Waals surface area contributed by atoms with Crippen LogP contribution in [0.25, 0.3) is 0 Å². The van der Waals surface area contributed by atoms with E-state index < -0.39 is 6.04 Å². The Labute approximate surface area is 194 Å². The van der Waals surface area contributed by atoms with Crippen molar-refractivity contribution in [1.82, 2.24) is 9.80 Å². The molecule has 3 aliphatic rings. The van der Waals surface area contributed by atoms with Crippen LogP contribution in [0.5, 0.6) is 0 Å². The SMILES string of the molecule is CC(C)(C)[C@H](N)C(=O)N1C[C@@H]2C[C@H](C1)[C@@H]1CCC[C@H](Cc3ccccc3)N1C2.Cl.Cl. The van der Waals surface area contributed by atoms with Gasteiger partial charge in [-0.3, -0.25) is 9.69 Å². The fourth-order valence-corrected chi connectivity index (χ4v) is 5.76. The van der Waals surface area contributed by atoms with Gasteiger partial charge >= 0.3 is 0 Å². The fraction of sp³-hybridized carbons (Fsp3) is 0.708. The van der Waals surface area contributed by atoms with Gasteiger partial charge in [0.15, 0.2) is 0 Å². The Kier molecular flexibility index (Phi) is 8.66. The van der Waals surface area contributed by atoms with E-state index in [-0.39, 0.29) is 36.1 Å². The number of nitrogens with zero attached hydrogens (tertiary/aromatic N) is 2. The van der Waals surface area contributed by atoms with E-state index in [2.05, 4.69) is 60.9 Å². The molecule has 4 nitrogen and oxygen atoms in total. The summed E-state index contributed by atoms with van der Waals surface area (Å²) in [6, 6.07) is 11.8. The molecule has 6 heteroatoms. The van der Waals surface area contributed by atoms with E-state index >= 15 is 0 Å². The standard InChI is InChI=1S/C24H37N3O.2ClH/c1-24(2,3)22(25)23(28)26-14-18-12-19(16-26)21-11-7-10-20(27(21)15-18)13-17-8-5-4-6-9-17;;/h4-6,8-9,18-22H,7,10-16,25H2,1-3H3;2*1H/t18-,19+,20+,21-,22+;;/m0../s1. The lowest BCUT2D eigenvalue weighted by atomic mass is 9.73. The van der Waals surface area contributed by atoms with Crippen molar-refractivity contribution in [3.05, 3.63) is 35.9 Å². The molecule has 0 aromatic heterocycles. The number of nitrogens with two attached hydrogens (primary N) is 1. The molecule has 0 saturated carbocycles. The van der Waals surface area contributed by atoms with Crippen LogP contribution in [0.3, 0.4) is 0 Å². The molecule has 2 bridgehead atoms. The third-order valence-electron chi connectivity index (χ3n) is 7.34. The molecule has 3 fully saturated rings. The summed E-state index contributed by atoms with van der Waals surface area (Å²) in [6.07, 6.45) is 6.36. The van der Waals surface area contributed by atoms with Crippen molar-refractivity contribution in [2.45, 2.75) is 71.0 Å². The number of halogens is 2. The molecule has 2 N–H and O–H groups in total. The molecule has 4 rings (SSSR count). The third kappa shape index (κ3) is 5.32. The minimum Gasteiger partial charge on any atom is -0.341 e. The van der Waals surface area contributed by atoms with Gasteiger partial charge in [-0.1, -0.05) is 57.5 Å². The molecule has 3 aliphatic heterocycles. The highest BCUT2D eigenvalue weighted by molar-refractivity contribution is 5.85. The van der Waals surface area contributed by atoms with Crippen LogP contribution in [-0.4, -0.2) is 53.5 Å². The highest BCUT2D eigenvalue weighted by Crippen LogP contribution is 2.40. The first kappa shape index (κ1) is 25.5. The first-order valence-corrected chi connectivity index (χ1v) is 11.2. The number of fused-ring (bicyclic) bond motifs is 4. The molecule has 1 amide bonds. The van der Waals surface area contributed by atoms with Gasteiger partial charge in [-0.15, -0.1) is 24.8 Å². The summed E-state index contributed by atoms with van der Waals surface area (Å²) in [6.45, 7) is 9.14. The Morgan fingerprint density at radius 1 is 1.10 bits per heavy atom. The second kappa shape index (κ2) is 10.2. The van der Waals surface area contributed by atoms with Gasteiger partial charge in [0.25, 0.3) is 0 Å². The summed E-state index contributed by atoms with van der Waals surface area (Å²) in [5, 5.41) is 0. The average Bonchev–Trinajstić information content (AvgIpc) is 2.67. The first-order chi connectivity index (χ1) is 13.3. The van der Waals surface area contributed by atoms with Crippen molar-refractivity contribution in [3.63, 3.8) is 0 Å². The summed E-state index contributed by atoms with van der Waals surface area (Å²) >= 11 is 0. The smallest absolute Gasteiger partial charge is 0.240 e. The van der Waals surface area contributed by atoms with Crippen molar-refractivity contribution in [3.8, 4) is 0 Å². The van der Waals surface area contributed by atoms with Gasteiger partial charge in [0.05, 0.1) is 6.04 Å². The lowest BCUT2D eigenvalue weighted by molar-refractivity contribution is -0.142. The highest BCUT2D eigenvalue weighted by atomic mass is 35.5. The molecule has 3 heterocycles. The Bertz CT molecular complexity index is 693. The molecule has 0 aliphatic carbocycles. The Morgan fingerprint density at radius 3 is 2.47 bits per heavy atom. The normalized spacial score (nSPS) is 29.8. The number of likely N-dealkylation sites (tertiary alicyclic amines) is 1. The number of rotatable bonds is 3. The van der Waals surface area contributed by atoms with Crippen molar-refractivity contribution >= 4 is 30.7 Å². The summed E-state index contributed by atoms with van der Waals surface area (Å²) in [5.74, 6) is 1.37. The molecular weight excluding hydrogens is 417 g/mol. The summed E-state index contributed by atoms with van der Waals surface area (Å²) in [5.41, 5.74) is 7.59. The number of benzene rings is 1. The van der Waals surface area contributed by atoms with Crippen LogP contribution in [0.1, 0.15) is 52.0 Å². The van der Waals surface area contributed by atoms with E-state index in [1.807, 2.05) is 0 Å². The maximum Gasteiger partial charge on any atom is 0.240 e. The van der Waals surface area contributed by atoms with Gasteiger partial charge in [-0.25, -0.2) is 0 Å². The molecular formula is C24H39Cl2N3O. The van der Waals surface area contributed by atoms with E-state index in [0.717, 1.165) is 26.1 Å². The molecule has 3 saturated heterocycles. The first-order valence-electron chi connectivity index (χ1n) is 11.2. The lowest BCUT2D eigenvalue weighted by Gasteiger charge is -2.55. The van der Waals surface area contributed by atoms with Crippen LogP contribution in [0.4, 0.5) is 0 Å². The minimum absolute atomic E-state index is 0. The zero-order valence-electron chi connectivity index (χ0n) is 18.6. The fourth-order valence-electron chi connectivity index (χ4n) is 5.76. The number of amides is 1. The van der Waals surface area contributed by atoms with E-state index in [1.165, 1.54) is 31.2 Å². The zero-order valence-corrected chi connectivity index (χ0v) is 20.3. The number of piperidine rings is 3. The van der Waals surface area contributed by atoms with Crippen LogP contribution < -0.4 is 5.73 Å². The minimum atomic E-state index is -0.403. The predicted octanol–water partition coefficient (Wildman–Crippen LogP) is 4.15. The summed E-state index contributed by atoms with van der Waals surface area (Å²) in [4.78, 5) is 18.0. The van der Waals surface area contributed by atoms with Crippen LogP contribution in [0.2, 0.25) is 0 Å². The highest BCUT2D eigenvalue weighted by Gasteiger charge is 2.46.